The van der Waals surface area contributed by atoms with E-state index in [4.69, 9.17) is 4.74 Å². The Morgan fingerprint density at radius 2 is 1.94 bits per heavy atom. The van der Waals surface area contributed by atoms with Gasteiger partial charge in [0.2, 0.25) is 11.8 Å². The van der Waals surface area contributed by atoms with Crippen molar-refractivity contribution in [1.29, 1.82) is 0 Å². The summed E-state index contributed by atoms with van der Waals surface area (Å²) in [6.45, 7) is 9.83. The molecular weight excluding hydrogens is 232 g/mol. The number of nitrogens with one attached hydrogen (secondary N) is 1. The summed E-state index contributed by atoms with van der Waals surface area (Å²) in [5.41, 5.74) is -0.455. The Bertz CT molecular complexity index is 339. The summed E-state index contributed by atoms with van der Waals surface area (Å²) in [5.74, 6) is -0.0375. The van der Waals surface area contributed by atoms with Gasteiger partial charge in [-0.25, -0.2) is 0 Å². The molecule has 18 heavy (non-hydrogen) atoms. The van der Waals surface area contributed by atoms with Gasteiger partial charge in [-0.15, -0.1) is 0 Å². The maximum Gasteiger partial charge on any atom is 0.246 e. The third-order valence-corrected chi connectivity index (χ3v) is 3.46. The first-order valence-corrected chi connectivity index (χ1v) is 6.35. The summed E-state index contributed by atoms with van der Waals surface area (Å²) < 4.78 is 5.34. The molecule has 1 rings (SSSR count). The summed E-state index contributed by atoms with van der Waals surface area (Å²) in [7, 11) is 1.61. The van der Waals surface area contributed by atoms with Crippen molar-refractivity contribution < 1.29 is 14.3 Å². The standard InChI is InChI=1S/C13H24N2O3/c1-8(2)10-12(17)15(7-13(4,5)18-6)9(3)11(16)14-10/h8-10H,7H2,1-6H3,(H,14,16). The number of hydrogen-bond donors (Lipinski definition) is 1. The molecule has 2 atom stereocenters. The molecule has 1 heterocycles. The van der Waals surface area contributed by atoms with Gasteiger partial charge < -0.3 is 15.0 Å². The fourth-order valence-corrected chi connectivity index (χ4v) is 1.99. The summed E-state index contributed by atoms with van der Waals surface area (Å²) >= 11 is 0. The molecule has 0 radical (unpaired) electrons. The molecule has 104 valence electrons. The van der Waals surface area contributed by atoms with Crippen molar-refractivity contribution in [2.24, 2.45) is 5.92 Å². The molecule has 1 fully saturated rings. The van der Waals surface area contributed by atoms with Gasteiger partial charge >= 0.3 is 0 Å². The van der Waals surface area contributed by atoms with Gasteiger partial charge in [0.05, 0.1) is 5.60 Å². The Kier molecular flexibility index (Phi) is 4.37. The SMILES string of the molecule is COC(C)(C)CN1C(=O)C(C(C)C)NC(=O)C1C. The van der Waals surface area contributed by atoms with Crippen LogP contribution in [0.15, 0.2) is 0 Å². The van der Waals surface area contributed by atoms with Gasteiger partial charge in [-0.3, -0.25) is 9.59 Å². The van der Waals surface area contributed by atoms with Crippen LogP contribution in [0.1, 0.15) is 34.6 Å². The van der Waals surface area contributed by atoms with Crippen LogP contribution in [-0.4, -0.2) is 48.1 Å². The van der Waals surface area contributed by atoms with Crippen molar-refractivity contribution in [1.82, 2.24) is 10.2 Å². The van der Waals surface area contributed by atoms with E-state index in [9.17, 15) is 9.59 Å². The highest BCUT2D eigenvalue weighted by atomic mass is 16.5. The minimum Gasteiger partial charge on any atom is -0.377 e. The first kappa shape index (κ1) is 15.0. The molecule has 0 aromatic rings. The third-order valence-electron chi connectivity index (χ3n) is 3.46. The summed E-state index contributed by atoms with van der Waals surface area (Å²) in [4.78, 5) is 25.9. The van der Waals surface area contributed by atoms with Crippen LogP contribution in [0, 0.1) is 5.92 Å². The zero-order valence-corrected chi connectivity index (χ0v) is 12.1. The fourth-order valence-electron chi connectivity index (χ4n) is 1.99. The molecule has 1 saturated heterocycles. The van der Waals surface area contributed by atoms with Crippen LogP contribution in [0.3, 0.4) is 0 Å². The number of nitrogens with zero attached hydrogens (tertiary/aromatic N) is 1. The number of carbonyl (C=O) groups is 2. The molecule has 2 unspecified atom stereocenters. The summed E-state index contributed by atoms with van der Waals surface area (Å²) in [5, 5.41) is 2.78. The molecule has 5 nitrogen and oxygen atoms in total. The smallest absolute Gasteiger partial charge is 0.246 e. The lowest BCUT2D eigenvalue weighted by Gasteiger charge is -2.42. The molecule has 0 spiro atoms. The second kappa shape index (κ2) is 5.26. The van der Waals surface area contributed by atoms with Crippen molar-refractivity contribution >= 4 is 11.8 Å². The number of hydrogen-bond acceptors (Lipinski definition) is 3. The molecule has 0 aliphatic carbocycles. The number of rotatable bonds is 4. The van der Waals surface area contributed by atoms with Gasteiger partial charge in [0.1, 0.15) is 12.1 Å². The van der Waals surface area contributed by atoms with E-state index in [0.29, 0.717) is 6.54 Å². The van der Waals surface area contributed by atoms with Gasteiger partial charge in [-0.2, -0.15) is 0 Å². The van der Waals surface area contributed by atoms with Crippen molar-refractivity contribution in [2.45, 2.75) is 52.3 Å². The van der Waals surface area contributed by atoms with Crippen LogP contribution in [0.5, 0.6) is 0 Å². The predicted molar refractivity (Wildman–Crippen MR) is 69.0 cm³/mol. The van der Waals surface area contributed by atoms with Crippen LogP contribution in [0.2, 0.25) is 0 Å². The average Bonchev–Trinajstić information content (AvgIpc) is 2.29. The molecule has 5 heteroatoms. The summed E-state index contributed by atoms with van der Waals surface area (Å²) in [6, 6.07) is -0.872. The second-order valence-corrected chi connectivity index (χ2v) is 5.84. The molecule has 0 bridgehead atoms. The van der Waals surface area contributed by atoms with Crippen LogP contribution in [0.4, 0.5) is 0 Å². The minimum atomic E-state index is -0.455. The lowest BCUT2D eigenvalue weighted by molar-refractivity contribution is -0.153. The van der Waals surface area contributed by atoms with Crippen LogP contribution < -0.4 is 5.32 Å². The van der Waals surface area contributed by atoms with Crippen molar-refractivity contribution in [3.63, 3.8) is 0 Å². The number of amides is 2. The molecule has 0 aromatic heterocycles. The molecule has 0 aromatic carbocycles. The normalized spacial score (nSPS) is 25.6. The van der Waals surface area contributed by atoms with E-state index in [-0.39, 0.29) is 17.7 Å². The third kappa shape index (κ3) is 3.02. The first-order valence-electron chi connectivity index (χ1n) is 6.35. The van der Waals surface area contributed by atoms with Gasteiger partial charge in [-0.05, 0) is 26.7 Å². The topological polar surface area (TPSA) is 58.6 Å². The van der Waals surface area contributed by atoms with Crippen molar-refractivity contribution in [3.05, 3.63) is 0 Å². The Hall–Kier alpha value is -1.10. The van der Waals surface area contributed by atoms with Crippen molar-refractivity contribution in [2.75, 3.05) is 13.7 Å². The predicted octanol–water partition coefficient (Wildman–Crippen LogP) is 0.783. The van der Waals surface area contributed by atoms with Gasteiger partial charge in [0, 0.05) is 13.7 Å². The lowest BCUT2D eigenvalue weighted by Crippen LogP contribution is -2.65. The first-order chi connectivity index (χ1) is 8.19. The zero-order valence-electron chi connectivity index (χ0n) is 12.1. The van der Waals surface area contributed by atoms with E-state index in [0.717, 1.165) is 0 Å². The highest BCUT2D eigenvalue weighted by Crippen LogP contribution is 2.19. The van der Waals surface area contributed by atoms with E-state index < -0.39 is 17.7 Å². The van der Waals surface area contributed by atoms with Crippen LogP contribution >= 0.6 is 0 Å². The Labute approximate surface area is 109 Å². The van der Waals surface area contributed by atoms with E-state index in [1.165, 1.54) is 0 Å². The van der Waals surface area contributed by atoms with E-state index in [1.807, 2.05) is 27.7 Å². The maximum absolute atomic E-state index is 12.4. The number of carbonyl (C=O) groups excluding carboxylic acids is 2. The van der Waals surface area contributed by atoms with Gasteiger partial charge in [0.15, 0.2) is 0 Å². The Morgan fingerprint density at radius 1 is 1.39 bits per heavy atom. The largest absolute Gasteiger partial charge is 0.377 e. The Morgan fingerprint density at radius 3 is 2.39 bits per heavy atom. The summed E-state index contributed by atoms with van der Waals surface area (Å²) in [6.07, 6.45) is 0. The molecule has 1 aliphatic heterocycles. The molecular formula is C13H24N2O3. The Balaban J connectivity index is 2.92. The highest BCUT2D eigenvalue weighted by molar-refractivity contribution is 5.96. The molecule has 0 saturated carbocycles. The highest BCUT2D eigenvalue weighted by Gasteiger charge is 2.41. The maximum atomic E-state index is 12.4. The average molecular weight is 256 g/mol. The number of methoxy groups -OCH3 is 1. The second-order valence-electron chi connectivity index (χ2n) is 5.84. The van der Waals surface area contributed by atoms with E-state index in [1.54, 1.807) is 18.9 Å². The monoisotopic (exact) mass is 256 g/mol. The van der Waals surface area contributed by atoms with E-state index in [2.05, 4.69) is 5.32 Å². The quantitative estimate of drug-likeness (QED) is 0.809. The number of piperazine rings is 1. The molecule has 1 aliphatic rings. The zero-order chi connectivity index (χ0) is 14.1. The molecule has 2 amide bonds. The lowest BCUT2D eigenvalue weighted by atomic mass is 9.96. The van der Waals surface area contributed by atoms with Crippen LogP contribution in [0.25, 0.3) is 0 Å². The van der Waals surface area contributed by atoms with Gasteiger partial charge in [0.25, 0.3) is 0 Å². The molecule has 1 N–H and O–H groups in total. The number of ether oxygens (including phenoxy) is 1. The van der Waals surface area contributed by atoms with E-state index >= 15 is 0 Å². The van der Waals surface area contributed by atoms with Crippen LogP contribution in [-0.2, 0) is 14.3 Å². The minimum absolute atomic E-state index is 0.0257. The van der Waals surface area contributed by atoms with Crippen molar-refractivity contribution in [3.8, 4) is 0 Å². The van der Waals surface area contributed by atoms with Gasteiger partial charge in [-0.1, -0.05) is 13.8 Å². The fraction of sp³-hybridized carbons (Fsp3) is 0.846.